The Kier molecular flexibility index (Phi) is 5.52. The van der Waals surface area contributed by atoms with Crippen LogP contribution >= 0.6 is 0 Å². The van der Waals surface area contributed by atoms with Crippen LogP contribution in [0.1, 0.15) is 29.5 Å². The van der Waals surface area contributed by atoms with Crippen molar-refractivity contribution in [2.24, 2.45) is 14.1 Å². The molecule has 0 aliphatic carbocycles. The third kappa shape index (κ3) is 3.64. The maximum Gasteiger partial charge on any atom is 0.337 e. The highest BCUT2D eigenvalue weighted by atomic mass is 19.1. The summed E-state index contributed by atoms with van der Waals surface area (Å²) < 4.78 is 22.0. The molecule has 1 N–H and O–H groups in total. The summed E-state index contributed by atoms with van der Waals surface area (Å²) in [6.45, 7) is 1.71. The summed E-state index contributed by atoms with van der Waals surface area (Å²) in [5.41, 5.74) is 0.937. The summed E-state index contributed by atoms with van der Waals surface area (Å²) in [5.74, 6) is -1.77. The maximum atomic E-state index is 14.1. The topological polar surface area (TPSA) is 82.3 Å². The number of fused-ring (bicyclic) bond motifs is 1. The van der Waals surface area contributed by atoms with Gasteiger partial charge in [-0.25, -0.2) is 14.0 Å². The van der Waals surface area contributed by atoms with Gasteiger partial charge in [0.25, 0.3) is 5.56 Å². The van der Waals surface area contributed by atoms with Crippen LogP contribution < -0.4 is 16.6 Å². The van der Waals surface area contributed by atoms with Gasteiger partial charge in [0, 0.05) is 19.8 Å². The van der Waals surface area contributed by atoms with Crippen LogP contribution in [-0.2, 0) is 30.2 Å². The van der Waals surface area contributed by atoms with E-state index >= 15 is 0 Å². The molecule has 2 aromatic carbocycles. The van der Waals surface area contributed by atoms with Crippen molar-refractivity contribution in [2.75, 3.05) is 5.32 Å². The summed E-state index contributed by atoms with van der Waals surface area (Å²) in [5, 5.41) is 3.02. The predicted molar refractivity (Wildman–Crippen MR) is 118 cm³/mol. The number of aromatic nitrogens is 2. The number of ether oxygens (including phenoxy) is 1. The molecule has 0 saturated carbocycles. The van der Waals surface area contributed by atoms with Gasteiger partial charge in [0.05, 0.1) is 17.1 Å². The quantitative estimate of drug-likeness (QED) is 0.638. The first kappa shape index (κ1) is 21.3. The molecule has 7 nitrogen and oxygen atoms in total. The van der Waals surface area contributed by atoms with E-state index in [2.05, 4.69) is 5.32 Å². The van der Waals surface area contributed by atoms with E-state index in [0.717, 1.165) is 10.1 Å². The molecule has 0 bridgehead atoms. The zero-order valence-electron chi connectivity index (χ0n) is 17.9. The average molecular weight is 435 g/mol. The molecular weight excluding hydrogens is 413 g/mol. The summed E-state index contributed by atoms with van der Waals surface area (Å²) in [6, 6.07) is 14.9. The standard InChI is InChI=1S/C24H22FN3O4/c1-14-18(23(30)32-13-15-8-5-4-6-9-15)19(16-10-7-11-17(25)12-16)20-21(26-14)27(2)24(31)28(3)22(20)29/h4-12,19,26H,13H2,1-3H3/t19-/m0/s1. The van der Waals surface area contributed by atoms with Crippen molar-refractivity contribution in [2.45, 2.75) is 19.4 Å². The molecule has 2 heterocycles. The molecule has 1 aliphatic rings. The third-order valence-corrected chi connectivity index (χ3v) is 5.60. The highest BCUT2D eigenvalue weighted by Gasteiger charge is 2.37. The molecule has 3 aromatic rings. The molecule has 0 amide bonds. The minimum atomic E-state index is -0.907. The molecule has 32 heavy (non-hydrogen) atoms. The fraction of sp³-hybridized carbons (Fsp3) is 0.208. The molecule has 0 saturated heterocycles. The van der Waals surface area contributed by atoms with Gasteiger partial charge >= 0.3 is 11.7 Å². The summed E-state index contributed by atoms with van der Waals surface area (Å²) >= 11 is 0. The lowest BCUT2D eigenvalue weighted by atomic mass is 9.82. The van der Waals surface area contributed by atoms with E-state index < -0.39 is 29.0 Å². The van der Waals surface area contributed by atoms with Crippen molar-refractivity contribution in [3.8, 4) is 0 Å². The Balaban J connectivity index is 1.87. The van der Waals surface area contributed by atoms with Gasteiger partial charge in [-0.3, -0.25) is 13.9 Å². The predicted octanol–water partition coefficient (Wildman–Crippen LogP) is 2.80. The number of hydrogen-bond acceptors (Lipinski definition) is 5. The number of carbonyl (C=O) groups is 1. The number of hydrogen-bond donors (Lipinski definition) is 1. The molecule has 0 radical (unpaired) electrons. The van der Waals surface area contributed by atoms with Crippen molar-refractivity contribution in [3.63, 3.8) is 0 Å². The second kappa shape index (κ2) is 8.30. The number of benzene rings is 2. The minimum Gasteiger partial charge on any atom is -0.457 e. The van der Waals surface area contributed by atoms with E-state index in [1.54, 1.807) is 13.0 Å². The minimum absolute atomic E-state index is 0.0461. The van der Waals surface area contributed by atoms with Crippen LogP contribution in [0.2, 0.25) is 0 Å². The largest absolute Gasteiger partial charge is 0.457 e. The molecular formula is C24H22FN3O4. The Hall–Kier alpha value is -3.94. The second-order valence-electron chi connectivity index (χ2n) is 7.68. The number of nitrogens with zero attached hydrogens (tertiary/aromatic N) is 2. The maximum absolute atomic E-state index is 14.1. The van der Waals surface area contributed by atoms with Crippen LogP contribution in [0.15, 0.2) is 75.5 Å². The van der Waals surface area contributed by atoms with E-state index in [4.69, 9.17) is 4.74 Å². The lowest BCUT2D eigenvalue weighted by Crippen LogP contribution is -2.43. The normalized spacial score (nSPS) is 15.2. The summed E-state index contributed by atoms with van der Waals surface area (Å²) in [7, 11) is 2.90. The number of anilines is 1. The first-order chi connectivity index (χ1) is 15.3. The first-order valence-electron chi connectivity index (χ1n) is 10.0. The van der Waals surface area contributed by atoms with Crippen LogP contribution in [0.4, 0.5) is 10.2 Å². The van der Waals surface area contributed by atoms with Gasteiger partial charge in [0.1, 0.15) is 18.2 Å². The SMILES string of the molecule is CC1=C(C(=O)OCc2ccccc2)[C@H](c2cccc(F)c2)c2c(n(C)c(=O)n(C)c2=O)N1. The van der Waals surface area contributed by atoms with Gasteiger partial charge in [-0.15, -0.1) is 0 Å². The smallest absolute Gasteiger partial charge is 0.337 e. The second-order valence-corrected chi connectivity index (χ2v) is 7.68. The molecule has 1 aliphatic heterocycles. The molecule has 164 valence electrons. The highest BCUT2D eigenvalue weighted by Crippen LogP contribution is 2.40. The molecule has 1 aromatic heterocycles. The molecule has 0 spiro atoms. The highest BCUT2D eigenvalue weighted by molar-refractivity contribution is 5.94. The lowest BCUT2D eigenvalue weighted by Gasteiger charge is -2.30. The van der Waals surface area contributed by atoms with Gasteiger partial charge in [-0.1, -0.05) is 42.5 Å². The van der Waals surface area contributed by atoms with Crippen LogP contribution in [0.25, 0.3) is 0 Å². The average Bonchev–Trinajstić information content (AvgIpc) is 2.79. The van der Waals surface area contributed by atoms with E-state index in [1.165, 1.54) is 36.9 Å². The number of rotatable bonds is 4. The van der Waals surface area contributed by atoms with Gasteiger partial charge in [-0.05, 0) is 30.2 Å². The molecule has 4 rings (SSSR count). The molecule has 1 atom stereocenters. The van der Waals surface area contributed by atoms with Crippen molar-refractivity contribution < 1.29 is 13.9 Å². The zero-order chi connectivity index (χ0) is 23.0. The Morgan fingerprint density at radius 3 is 2.47 bits per heavy atom. The Morgan fingerprint density at radius 1 is 1.06 bits per heavy atom. The number of nitrogens with one attached hydrogen (secondary N) is 1. The monoisotopic (exact) mass is 435 g/mol. The molecule has 8 heteroatoms. The number of esters is 1. The fourth-order valence-electron chi connectivity index (χ4n) is 3.98. The van der Waals surface area contributed by atoms with Gasteiger partial charge in [0.15, 0.2) is 0 Å². The van der Waals surface area contributed by atoms with Gasteiger partial charge < -0.3 is 10.1 Å². The van der Waals surface area contributed by atoms with E-state index in [-0.39, 0.29) is 23.6 Å². The molecule has 0 unspecified atom stereocenters. The van der Waals surface area contributed by atoms with Crippen molar-refractivity contribution in [1.29, 1.82) is 0 Å². The third-order valence-electron chi connectivity index (χ3n) is 5.60. The summed E-state index contributed by atoms with van der Waals surface area (Å²) in [4.78, 5) is 38.8. The van der Waals surface area contributed by atoms with Crippen LogP contribution in [0, 0.1) is 5.82 Å². The zero-order valence-corrected chi connectivity index (χ0v) is 17.9. The molecule has 0 fully saturated rings. The first-order valence-corrected chi connectivity index (χ1v) is 10.0. The van der Waals surface area contributed by atoms with Crippen molar-refractivity contribution in [1.82, 2.24) is 9.13 Å². The van der Waals surface area contributed by atoms with Gasteiger partial charge in [0.2, 0.25) is 0 Å². The lowest BCUT2D eigenvalue weighted by molar-refractivity contribution is -0.140. The van der Waals surface area contributed by atoms with E-state index in [9.17, 15) is 18.8 Å². The fourth-order valence-corrected chi connectivity index (χ4v) is 3.98. The number of allylic oxidation sites excluding steroid dienone is 1. The number of carbonyl (C=O) groups excluding carboxylic acids is 1. The van der Waals surface area contributed by atoms with E-state index in [0.29, 0.717) is 11.3 Å². The van der Waals surface area contributed by atoms with Crippen LogP contribution in [0.5, 0.6) is 0 Å². The van der Waals surface area contributed by atoms with E-state index in [1.807, 2.05) is 30.3 Å². The Bertz CT molecular complexity index is 1360. The van der Waals surface area contributed by atoms with Crippen LogP contribution in [-0.4, -0.2) is 15.1 Å². The van der Waals surface area contributed by atoms with Crippen molar-refractivity contribution in [3.05, 3.63) is 109 Å². The number of halogens is 1. The summed E-state index contributed by atoms with van der Waals surface area (Å²) in [6.07, 6.45) is 0. The van der Waals surface area contributed by atoms with Gasteiger partial charge in [-0.2, -0.15) is 0 Å². The Morgan fingerprint density at radius 2 is 1.78 bits per heavy atom. The van der Waals surface area contributed by atoms with Crippen molar-refractivity contribution >= 4 is 11.8 Å². The van der Waals surface area contributed by atoms with Crippen LogP contribution in [0.3, 0.4) is 0 Å². The Labute approximate surface area is 183 Å².